The quantitative estimate of drug-likeness (QED) is 0.573. The van der Waals surface area contributed by atoms with Crippen LogP contribution in [0.2, 0.25) is 0 Å². The van der Waals surface area contributed by atoms with E-state index in [-0.39, 0.29) is 31.7 Å². The second-order valence-electron chi connectivity index (χ2n) is 6.67. The summed E-state index contributed by atoms with van der Waals surface area (Å²) >= 11 is 0. The average molecular weight is 400 g/mol. The molecule has 0 spiro atoms. The summed E-state index contributed by atoms with van der Waals surface area (Å²) in [5.41, 5.74) is 1.54. The van der Waals surface area contributed by atoms with Crippen LogP contribution in [0.15, 0.2) is 42.5 Å². The number of hydrogen-bond donors (Lipinski definition) is 3. The van der Waals surface area contributed by atoms with Gasteiger partial charge in [-0.3, -0.25) is 9.59 Å². The number of nitrogens with one attached hydrogen (secondary N) is 3. The van der Waals surface area contributed by atoms with Crippen LogP contribution in [0.25, 0.3) is 0 Å². The summed E-state index contributed by atoms with van der Waals surface area (Å²) < 4.78 is 15.9. The summed E-state index contributed by atoms with van der Waals surface area (Å²) in [6.07, 6.45) is 0. The maximum Gasteiger partial charge on any atom is 0.279 e. The number of anilines is 1. The van der Waals surface area contributed by atoms with Gasteiger partial charge in [0.15, 0.2) is 24.6 Å². The summed E-state index contributed by atoms with van der Waals surface area (Å²) in [4.78, 5) is 25.6. The Kier molecular flexibility index (Phi) is 6.91. The molecule has 1 heterocycles. The SMILES string of the molecule is CC[NH+](CC(=O)NCc1ccc2c(c1)OCO2)CC(=O)Nc1ccccc1OC. The Labute approximate surface area is 169 Å². The Balaban J connectivity index is 1.47. The molecule has 0 bridgehead atoms. The number of para-hydroxylation sites is 2. The zero-order valence-electron chi connectivity index (χ0n) is 16.6. The molecule has 2 aromatic carbocycles. The van der Waals surface area contributed by atoms with Crippen molar-refractivity contribution in [1.82, 2.24) is 5.32 Å². The zero-order chi connectivity index (χ0) is 20.6. The number of carbonyl (C=O) groups is 2. The number of hydrogen-bond acceptors (Lipinski definition) is 5. The van der Waals surface area contributed by atoms with E-state index in [1.165, 1.54) is 0 Å². The van der Waals surface area contributed by atoms with Gasteiger partial charge in [0.25, 0.3) is 11.8 Å². The molecule has 0 fully saturated rings. The monoisotopic (exact) mass is 400 g/mol. The van der Waals surface area contributed by atoms with Gasteiger partial charge in [-0.05, 0) is 36.8 Å². The van der Waals surface area contributed by atoms with E-state index < -0.39 is 0 Å². The highest BCUT2D eigenvalue weighted by atomic mass is 16.7. The lowest BCUT2D eigenvalue weighted by Crippen LogP contribution is -3.13. The van der Waals surface area contributed by atoms with Crippen molar-refractivity contribution in [2.75, 3.05) is 38.9 Å². The Bertz CT molecular complexity index is 871. The van der Waals surface area contributed by atoms with E-state index in [0.29, 0.717) is 36.0 Å². The molecule has 2 amide bonds. The van der Waals surface area contributed by atoms with Crippen LogP contribution in [0.5, 0.6) is 17.2 Å². The number of quaternary nitrogens is 1. The van der Waals surface area contributed by atoms with E-state index in [9.17, 15) is 9.59 Å². The van der Waals surface area contributed by atoms with Gasteiger partial charge in [-0.25, -0.2) is 0 Å². The van der Waals surface area contributed by atoms with Crippen LogP contribution in [-0.4, -0.2) is 45.4 Å². The van der Waals surface area contributed by atoms with Crippen molar-refractivity contribution in [1.29, 1.82) is 0 Å². The molecular formula is C21H26N3O5+. The van der Waals surface area contributed by atoms with Crippen molar-refractivity contribution in [3.05, 3.63) is 48.0 Å². The van der Waals surface area contributed by atoms with Crippen molar-refractivity contribution in [2.24, 2.45) is 0 Å². The molecule has 0 saturated carbocycles. The normalized spacial score (nSPS) is 12.9. The van der Waals surface area contributed by atoms with Gasteiger partial charge >= 0.3 is 0 Å². The lowest BCUT2D eigenvalue weighted by molar-refractivity contribution is -0.881. The third-order valence-corrected chi connectivity index (χ3v) is 4.63. The first kappa shape index (κ1) is 20.5. The fourth-order valence-corrected chi connectivity index (χ4v) is 3.02. The summed E-state index contributed by atoms with van der Waals surface area (Å²) in [5.74, 6) is 1.70. The van der Waals surface area contributed by atoms with Gasteiger partial charge in [0.05, 0.1) is 19.3 Å². The third-order valence-electron chi connectivity index (χ3n) is 4.63. The van der Waals surface area contributed by atoms with Crippen molar-refractivity contribution in [2.45, 2.75) is 13.5 Å². The Morgan fingerprint density at radius 1 is 1.07 bits per heavy atom. The number of rotatable bonds is 9. The molecule has 2 aromatic rings. The molecule has 1 unspecified atom stereocenters. The molecule has 154 valence electrons. The van der Waals surface area contributed by atoms with Crippen LogP contribution >= 0.6 is 0 Å². The smallest absolute Gasteiger partial charge is 0.279 e. The number of amides is 2. The van der Waals surface area contributed by atoms with E-state index in [1.54, 1.807) is 19.2 Å². The second kappa shape index (κ2) is 9.79. The largest absolute Gasteiger partial charge is 0.495 e. The molecule has 3 rings (SSSR count). The molecule has 1 aliphatic rings. The van der Waals surface area contributed by atoms with Gasteiger partial charge in [0.1, 0.15) is 5.75 Å². The molecular weight excluding hydrogens is 374 g/mol. The summed E-state index contributed by atoms with van der Waals surface area (Å²) in [7, 11) is 1.55. The van der Waals surface area contributed by atoms with Crippen LogP contribution in [-0.2, 0) is 16.1 Å². The van der Waals surface area contributed by atoms with Gasteiger partial charge in [-0.1, -0.05) is 18.2 Å². The summed E-state index contributed by atoms with van der Waals surface area (Å²) in [5, 5.41) is 5.73. The van der Waals surface area contributed by atoms with Crippen LogP contribution < -0.4 is 29.7 Å². The minimum Gasteiger partial charge on any atom is -0.495 e. The first-order valence-corrected chi connectivity index (χ1v) is 9.50. The molecule has 8 heteroatoms. The summed E-state index contributed by atoms with van der Waals surface area (Å²) in [6.45, 7) is 3.59. The van der Waals surface area contributed by atoms with Gasteiger partial charge in [-0.2, -0.15) is 0 Å². The van der Waals surface area contributed by atoms with Crippen molar-refractivity contribution in [3.63, 3.8) is 0 Å². The van der Waals surface area contributed by atoms with Crippen molar-refractivity contribution < 1.29 is 28.7 Å². The molecule has 0 saturated heterocycles. The highest BCUT2D eigenvalue weighted by Gasteiger charge is 2.18. The average Bonchev–Trinajstić information content (AvgIpc) is 3.20. The number of carbonyl (C=O) groups excluding carboxylic acids is 2. The molecule has 8 nitrogen and oxygen atoms in total. The Morgan fingerprint density at radius 3 is 2.62 bits per heavy atom. The van der Waals surface area contributed by atoms with E-state index in [0.717, 1.165) is 10.5 Å². The van der Waals surface area contributed by atoms with E-state index >= 15 is 0 Å². The fourth-order valence-electron chi connectivity index (χ4n) is 3.02. The number of likely N-dealkylation sites (N-methyl/N-ethyl adjacent to an activating group) is 1. The second-order valence-corrected chi connectivity index (χ2v) is 6.67. The van der Waals surface area contributed by atoms with Gasteiger partial charge in [0.2, 0.25) is 6.79 Å². The molecule has 1 aliphatic heterocycles. The molecule has 29 heavy (non-hydrogen) atoms. The van der Waals surface area contributed by atoms with Gasteiger partial charge < -0.3 is 29.7 Å². The lowest BCUT2D eigenvalue weighted by Gasteiger charge is -2.17. The topological polar surface area (TPSA) is 90.3 Å². The van der Waals surface area contributed by atoms with Crippen LogP contribution in [0.3, 0.4) is 0 Å². The highest BCUT2D eigenvalue weighted by molar-refractivity contribution is 5.93. The summed E-state index contributed by atoms with van der Waals surface area (Å²) in [6, 6.07) is 12.8. The molecule has 0 aliphatic carbocycles. The molecule has 0 radical (unpaired) electrons. The fraction of sp³-hybridized carbons (Fsp3) is 0.333. The first-order chi connectivity index (χ1) is 14.1. The minimum absolute atomic E-state index is 0.121. The Morgan fingerprint density at radius 2 is 1.83 bits per heavy atom. The number of ether oxygens (including phenoxy) is 3. The van der Waals surface area contributed by atoms with Crippen LogP contribution in [0.4, 0.5) is 5.69 Å². The number of fused-ring (bicyclic) bond motifs is 1. The standard InChI is InChI=1S/C21H25N3O5/c1-3-24(13-21(26)23-16-6-4-5-7-17(16)27-2)12-20(25)22-11-15-8-9-18-19(10-15)29-14-28-18/h4-10H,3,11-14H2,1-2H3,(H,22,25)(H,23,26)/p+1. The molecule has 0 aromatic heterocycles. The van der Waals surface area contributed by atoms with Crippen LogP contribution in [0.1, 0.15) is 12.5 Å². The Hall–Kier alpha value is -3.26. The van der Waals surface area contributed by atoms with Crippen molar-refractivity contribution >= 4 is 17.5 Å². The van der Waals surface area contributed by atoms with E-state index in [1.807, 2.05) is 37.3 Å². The lowest BCUT2D eigenvalue weighted by atomic mass is 10.2. The minimum atomic E-state index is -0.171. The predicted octanol–water partition coefficient (Wildman–Crippen LogP) is 0.584. The van der Waals surface area contributed by atoms with E-state index in [2.05, 4.69) is 10.6 Å². The van der Waals surface area contributed by atoms with E-state index in [4.69, 9.17) is 14.2 Å². The third kappa shape index (κ3) is 5.61. The number of benzene rings is 2. The predicted molar refractivity (Wildman–Crippen MR) is 107 cm³/mol. The van der Waals surface area contributed by atoms with Crippen molar-refractivity contribution in [3.8, 4) is 17.2 Å². The maximum atomic E-state index is 12.4. The zero-order valence-corrected chi connectivity index (χ0v) is 16.6. The first-order valence-electron chi connectivity index (χ1n) is 9.50. The van der Waals surface area contributed by atoms with Crippen LogP contribution in [0, 0.1) is 0 Å². The maximum absolute atomic E-state index is 12.4. The number of methoxy groups -OCH3 is 1. The van der Waals surface area contributed by atoms with Gasteiger partial charge in [0, 0.05) is 6.54 Å². The van der Waals surface area contributed by atoms with Gasteiger partial charge in [-0.15, -0.1) is 0 Å². The molecule has 1 atom stereocenters. The highest BCUT2D eigenvalue weighted by Crippen LogP contribution is 2.32. The molecule has 3 N–H and O–H groups in total.